The van der Waals surface area contributed by atoms with Crippen LogP contribution in [0.4, 0.5) is 5.13 Å². The molecule has 1 unspecified atom stereocenters. The van der Waals surface area contributed by atoms with Crippen molar-refractivity contribution in [3.05, 3.63) is 11.1 Å². The van der Waals surface area contributed by atoms with E-state index in [-0.39, 0.29) is 0 Å². The number of anilines is 1. The van der Waals surface area contributed by atoms with Gasteiger partial charge < -0.3 is 10.2 Å². The van der Waals surface area contributed by atoms with Crippen molar-refractivity contribution in [3.63, 3.8) is 0 Å². The quantitative estimate of drug-likeness (QED) is 0.773. The van der Waals surface area contributed by atoms with Crippen molar-refractivity contribution in [3.8, 4) is 0 Å². The zero-order chi connectivity index (χ0) is 12.7. The molecule has 0 bridgehead atoms. The molecule has 1 atom stereocenters. The van der Waals surface area contributed by atoms with Crippen molar-refractivity contribution in [1.82, 2.24) is 10.3 Å². The molecular formula is C13H25N3S. The van der Waals surface area contributed by atoms with Gasteiger partial charge in [0.1, 0.15) is 0 Å². The molecule has 0 saturated heterocycles. The summed E-state index contributed by atoms with van der Waals surface area (Å²) in [5, 5.41) is 4.35. The summed E-state index contributed by atoms with van der Waals surface area (Å²) in [6, 6.07) is 0.579. The summed E-state index contributed by atoms with van der Waals surface area (Å²) in [5.41, 5.74) is 0. The monoisotopic (exact) mass is 255 g/mol. The first-order valence-electron chi connectivity index (χ1n) is 6.58. The van der Waals surface area contributed by atoms with Crippen molar-refractivity contribution < 1.29 is 0 Å². The topological polar surface area (TPSA) is 28.2 Å². The number of nitrogens with zero attached hydrogens (tertiary/aromatic N) is 2. The van der Waals surface area contributed by atoms with Crippen LogP contribution in [0.5, 0.6) is 0 Å². The highest BCUT2D eigenvalue weighted by molar-refractivity contribution is 7.15. The zero-order valence-corrected chi connectivity index (χ0v) is 12.3. The van der Waals surface area contributed by atoms with Gasteiger partial charge in [-0.2, -0.15) is 0 Å². The first kappa shape index (κ1) is 14.5. The molecule has 1 rings (SSSR count). The minimum absolute atomic E-state index is 0.579. The Bertz CT molecular complexity index is 311. The fraction of sp³-hybridized carbons (Fsp3) is 0.769. The summed E-state index contributed by atoms with van der Waals surface area (Å²) in [6.45, 7) is 8.81. The molecule has 0 aliphatic carbocycles. The molecule has 1 N–H and O–H groups in total. The van der Waals surface area contributed by atoms with Gasteiger partial charge >= 0.3 is 0 Å². The number of rotatable bonds is 8. The third-order valence-corrected chi connectivity index (χ3v) is 4.05. The molecule has 0 aromatic carbocycles. The highest BCUT2D eigenvalue weighted by Gasteiger charge is 2.15. The van der Waals surface area contributed by atoms with Gasteiger partial charge in [0.25, 0.3) is 0 Å². The average Bonchev–Trinajstić information content (AvgIpc) is 2.78. The van der Waals surface area contributed by atoms with E-state index in [4.69, 9.17) is 0 Å². The van der Waals surface area contributed by atoms with Crippen LogP contribution in [0.25, 0.3) is 0 Å². The molecule has 98 valence electrons. The lowest BCUT2D eigenvalue weighted by Gasteiger charge is -2.28. The molecule has 0 aliphatic rings. The van der Waals surface area contributed by atoms with Crippen LogP contribution < -0.4 is 10.2 Å². The van der Waals surface area contributed by atoms with E-state index < -0.39 is 0 Å². The molecule has 1 aromatic heterocycles. The highest BCUT2D eigenvalue weighted by Crippen LogP contribution is 2.25. The largest absolute Gasteiger partial charge is 0.345 e. The number of thiazole rings is 1. The molecule has 4 heteroatoms. The molecule has 0 amide bonds. The molecule has 17 heavy (non-hydrogen) atoms. The first-order valence-corrected chi connectivity index (χ1v) is 7.40. The van der Waals surface area contributed by atoms with Crippen LogP contribution in [0.3, 0.4) is 0 Å². The second kappa shape index (κ2) is 7.67. The first-order chi connectivity index (χ1) is 8.22. The lowest BCUT2D eigenvalue weighted by molar-refractivity contribution is 0.594. The van der Waals surface area contributed by atoms with Crippen LogP contribution in [0.2, 0.25) is 0 Å². The Morgan fingerprint density at radius 1 is 1.47 bits per heavy atom. The van der Waals surface area contributed by atoms with Gasteiger partial charge in [-0.1, -0.05) is 20.3 Å². The minimum Gasteiger partial charge on any atom is -0.345 e. The Kier molecular flexibility index (Phi) is 6.52. The number of aromatic nitrogens is 1. The number of hydrogen-bond acceptors (Lipinski definition) is 4. The van der Waals surface area contributed by atoms with E-state index in [9.17, 15) is 0 Å². The van der Waals surface area contributed by atoms with Gasteiger partial charge in [0.2, 0.25) is 0 Å². The summed E-state index contributed by atoms with van der Waals surface area (Å²) >= 11 is 1.81. The SMILES string of the molecule is CCCCN(c1ncc(CNC)s1)C(C)CC. The zero-order valence-electron chi connectivity index (χ0n) is 11.5. The van der Waals surface area contributed by atoms with Gasteiger partial charge in [0, 0.05) is 30.2 Å². The predicted molar refractivity (Wildman–Crippen MR) is 76.9 cm³/mol. The highest BCUT2D eigenvalue weighted by atomic mass is 32.1. The van der Waals surface area contributed by atoms with Gasteiger partial charge in [0.05, 0.1) is 0 Å². The summed E-state index contributed by atoms with van der Waals surface area (Å²) in [4.78, 5) is 8.33. The van der Waals surface area contributed by atoms with Crippen molar-refractivity contribution in [1.29, 1.82) is 0 Å². The number of nitrogens with one attached hydrogen (secondary N) is 1. The summed E-state index contributed by atoms with van der Waals surface area (Å²) in [5.74, 6) is 0. The molecule has 0 aliphatic heterocycles. The molecule has 1 aromatic rings. The van der Waals surface area contributed by atoms with E-state index in [1.54, 1.807) is 0 Å². The maximum atomic E-state index is 4.56. The third-order valence-electron chi connectivity index (χ3n) is 3.01. The molecule has 0 saturated carbocycles. The lowest BCUT2D eigenvalue weighted by atomic mass is 10.2. The normalized spacial score (nSPS) is 12.7. The van der Waals surface area contributed by atoms with Gasteiger partial charge in [-0.25, -0.2) is 4.98 Å². The van der Waals surface area contributed by atoms with Gasteiger partial charge in [-0.3, -0.25) is 0 Å². The molecular weight excluding hydrogens is 230 g/mol. The summed E-state index contributed by atoms with van der Waals surface area (Å²) in [6.07, 6.45) is 5.65. The Balaban J connectivity index is 2.72. The van der Waals surface area contributed by atoms with Crippen LogP contribution in [0.1, 0.15) is 44.9 Å². The Labute approximate surface area is 109 Å². The fourth-order valence-electron chi connectivity index (χ4n) is 1.74. The van der Waals surface area contributed by atoms with Crippen LogP contribution in [0.15, 0.2) is 6.20 Å². The molecule has 0 fully saturated rings. The van der Waals surface area contributed by atoms with E-state index in [1.165, 1.54) is 29.3 Å². The third kappa shape index (κ3) is 4.28. The van der Waals surface area contributed by atoms with Crippen LogP contribution in [-0.2, 0) is 6.54 Å². The lowest BCUT2D eigenvalue weighted by Crippen LogP contribution is -2.33. The standard InChI is InChI=1S/C13H25N3S/c1-5-7-8-16(11(3)6-2)13-15-10-12(17-13)9-14-4/h10-11,14H,5-9H2,1-4H3. The number of hydrogen-bond donors (Lipinski definition) is 1. The molecule has 0 radical (unpaired) electrons. The van der Waals surface area contributed by atoms with Crippen molar-refractivity contribution in [2.75, 3.05) is 18.5 Å². The second-order valence-electron chi connectivity index (χ2n) is 4.44. The smallest absolute Gasteiger partial charge is 0.185 e. The van der Waals surface area contributed by atoms with E-state index in [1.807, 2.05) is 24.6 Å². The van der Waals surface area contributed by atoms with E-state index >= 15 is 0 Å². The van der Waals surface area contributed by atoms with Crippen LogP contribution >= 0.6 is 11.3 Å². The van der Waals surface area contributed by atoms with Crippen molar-refractivity contribution in [2.45, 2.75) is 52.6 Å². The molecule has 3 nitrogen and oxygen atoms in total. The Morgan fingerprint density at radius 3 is 2.82 bits per heavy atom. The van der Waals surface area contributed by atoms with E-state index in [2.05, 4.69) is 36.0 Å². The van der Waals surface area contributed by atoms with Gasteiger partial charge in [-0.05, 0) is 26.8 Å². The minimum atomic E-state index is 0.579. The summed E-state index contributed by atoms with van der Waals surface area (Å²) < 4.78 is 0. The summed E-state index contributed by atoms with van der Waals surface area (Å²) in [7, 11) is 1.98. The van der Waals surface area contributed by atoms with Gasteiger partial charge in [-0.15, -0.1) is 11.3 Å². The van der Waals surface area contributed by atoms with E-state index in [0.717, 1.165) is 13.1 Å². The molecule has 1 heterocycles. The van der Waals surface area contributed by atoms with Crippen molar-refractivity contribution >= 4 is 16.5 Å². The maximum absolute atomic E-state index is 4.56. The van der Waals surface area contributed by atoms with Gasteiger partial charge in [0.15, 0.2) is 5.13 Å². The average molecular weight is 255 g/mol. The Morgan fingerprint density at radius 2 is 2.24 bits per heavy atom. The molecule has 0 spiro atoms. The van der Waals surface area contributed by atoms with E-state index in [0.29, 0.717) is 6.04 Å². The second-order valence-corrected chi connectivity index (χ2v) is 5.54. The van der Waals surface area contributed by atoms with Crippen LogP contribution in [0, 0.1) is 0 Å². The number of unbranched alkanes of at least 4 members (excludes halogenated alkanes) is 1. The van der Waals surface area contributed by atoms with Crippen LogP contribution in [-0.4, -0.2) is 24.6 Å². The Hall–Kier alpha value is -0.610. The predicted octanol–water partition coefficient (Wildman–Crippen LogP) is 3.27. The fourth-order valence-corrected chi connectivity index (χ4v) is 2.79. The maximum Gasteiger partial charge on any atom is 0.185 e. The van der Waals surface area contributed by atoms with Crippen molar-refractivity contribution in [2.24, 2.45) is 0 Å².